The molecule has 4 nitrogen and oxygen atoms in total. The first kappa shape index (κ1) is 12.4. The second-order valence-corrected chi connectivity index (χ2v) is 5.31. The van der Waals surface area contributed by atoms with E-state index >= 15 is 0 Å². The smallest absolute Gasteiger partial charge is 0.0490 e. The van der Waals surface area contributed by atoms with Gasteiger partial charge in [0.2, 0.25) is 0 Å². The predicted molar refractivity (Wildman–Crippen MR) is 74.8 cm³/mol. The Hall–Kier alpha value is -1.68. The highest BCUT2D eigenvalue weighted by Gasteiger charge is 2.25. The standard InChI is InChI=1S/C15H20N4/c1-12(13-4-2-7-16-10-13)19-9-3-5-14(11-19)15-6-8-17-18-15/h2,4,6-8,10,12,14H,3,5,9,11H2,1H3,(H,17,18)/t12-,14+/m1/s1. The van der Waals surface area contributed by atoms with Crippen molar-refractivity contribution in [3.63, 3.8) is 0 Å². The van der Waals surface area contributed by atoms with Crippen LogP contribution in [0.2, 0.25) is 0 Å². The normalized spacial score (nSPS) is 22.3. The van der Waals surface area contributed by atoms with E-state index in [4.69, 9.17) is 0 Å². The Morgan fingerprint density at radius 2 is 2.32 bits per heavy atom. The lowest BCUT2D eigenvalue weighted by molar-refractivity contribution is 0.157. The monoisotopic (exact) mass is 256 g/mol. The highest BCUT2D eigenvalue weighted by atomic mass is 15.2. The number of nitrogens with one attached hydrogen (secondary N) is 1. The van der Waals surface area contributed by atoms with Crippen molar-refractivity contribution >= 4 is 0 Å². The summed E-state index contributed by atoms with van der Waals surface area (Å²) in [6.45, 7) is 4.53. The van der Waals surface area contributed by atoms with Crippen LogP contribution in [0.15, 0.2) is 36.8 Å². The number of likely N-dealkylation sites (tertiary alicyclic amines) is 1. The van der Waals surface area contributed by atoms with Crippen LogP contribution in [0.3, 0.4) is 0 Å². The van der Waals surface area contributed by atoms with Crippen LogP contribution in [-0.2, 0) is 0 Å². The summed E-state index contributed by atoms with van der Waals surface area (Å²) in [5.41, 5.74) is 2.57. The molecule has 3 rings (SSSR count). The number of nitrogens with zero attached hydrogens (tertiary/aromatic N) is 3. The van der Waals surface area contributed by atoms with Gasteiger partial charge in [-0.1, -0.05) is 6.07 Å². The second kappa shape index (κ2) is 5.53. The lowest BCUT2D eigenvalue weighted by Crippen LogP contribution is -2.36. The van der Waals surface area contributed by atoms with Crippen LogP contribution < -0.4 is 0 Å². The molecule has 1 aliphatic heterocycles. The van der Waals surface area contributed by atoms with Gasteiger partial charge in [-0.15, -0.1) is 0 Å². The number of hydrogen-bond acceptors (Lipinski definition) is 3. The molecular weight excluding hydrogens is 236 g/mol. The summed E-state index contributed by atoms with van der Waals surface area (Å²) in [6, 6.07) is 6.71. The molecule has 0 bridgehead atoms. The molecule has 0 amide bonds. The SMILES string of the molecule is C[C@H](c1cccnc1)N1CCC[C@H](c2ccn[nH]2)C1. The second-order valence-electron chi connectivity index (χ2n) is 5.31. The number of H-pyrrole nitrogens is 1. The Morgan fingerprint density at radius 1 is 1.37 bits per heavy atom. The van der Waals surface area contributed by atoms with E-state index in [0.717, 1.165) is 6.54 Å². The molecule has 1 saturated heterocycles. The van der Waals surface area contributed by atoms with Crippen LogP contribution in [0.1, 0.15) is 43.0 Å². The van der Waals surface area contributed by atoms with Gasteiger partial charge >= 0.3 is 0 Å². The van der Waals surface area contributed by atoms with E-state index < -0.39 is 0 Å². The van der Waals surface area contributed by atoms with Gasteiger partial charge in [0.15, 0.2) is 0 Å². The van der Waals surface area contributed by atoms with E-state index in [1.807, 2.05) is 24.7 Å². The number of pyridine rings is 1. The molecule has 0 spiro atoms. The summed E-state index contributed by atoms with van der Waals surface area (Å²) in [6.07, 6.45) is 8.15. The van der Waals surface area contributed by atoms with E-state index in [9.17, 15) is 0 Å². The third-order valence-corrected chi connectivity index (χ3v) is 4.13. The molecule has 1 aliphatic rings. The van der Waals surface area contributed by atoms with Gasteiger partial charge in [0.25, 0.3) is 0 Å². The third-order valence-electron chi connectivity index (χ3n) is 4.13. The number of aromatic nitrogens is 3. The summed E-state index contributed by atoms with van der Waals surface area (Å²) in [5.74, 6) is 0.579. The summed E-state index contributed by atoms with van der Waals surface area (Å²) in [4.78, 5) is 6.77. The van der Waals surface area contributed by atoms with Gasteiger partial charge < -0.3 is 0 Å². The van der Waals surface area contributed by atoms with Crippen molar-refractivity contribution in [1.82, 2.24) is 20.1 Å². The molecule has 0 aliphatic carbocycles. The van der Waals surface area contributed by atoms with Crippen LogP contribution in [0.4, 0.5) is 0 Å². The summed E-state index contributed by atoms with van der Waals surface area (Å²) < 4.78 is 0. The summed E-state index contributed by atoms with van der Waals surface area (Å²) in [7, 11) is 0. The molecule has 0 unspecified atom stereocenters. The predicted octanol–water partition coefficient (Wildman–Crippen LogP) is 2.75. The Labute approximate surface area is 113 Å². The average Bonchev–Trinajstić information content (AvgIpc) is 3.02. The van der Waals surface area contributed by atoms with E-state index in [1.165, 1.54) is 30.6 Å². The molecule has 0 aromatic carbocycles. The van der Waals surface area contributed by atoms with Crippen LogP contribution in [0.25, 0.3) is 0 Å². The first-order chi connectivity index (χ1) is 9.34. The van der Waals surface area contributed by atoms with Crippen molar-refractivity contribution in [1.29, 1.82) is 0 Å². The highest BCUT2D eigenvalue weighted by molar-refractivity contribution is 5.14. The summed E-state index contributed by atoms with van der Waals surface area (Å²) >= 11 is 0. The molecule has 2 aromatic rings. The van der Waals surface area contributed by atoms with Crippen LogP contribution in [-0.4, -0.2) is 33.2 Å². The van der Waals surface area contributed by atoms with E-state index in [-0.39, 0.29) is 0 Å². The Bertz CT molecular complexity index is 494. The van der Waals surface area contributed by atoms with Gasteiger partial charge in [-0.2, -0.15) is 5.10 Å². The third kappa shape index (κ3) is 2.68. The molecule has 100 valence electrons. The number of rotatable bonds is 3. The molecule has 2 aromatic heterocycles. The van der Waals surface area contributed by atoms with Gasteiger partial charge in [-0.3, -0.25) is 15.0 Å². The minimum atomic E-state index is 0.430. The summed E-state index contributed by atoms with van der Waals surface area (Å²) in [5, 5.41) is 7.19. The zero-order valence-corrected chi connectivity index (χ0v) is 11.3. The van der Waals surface area contributed by atoms with Gasteiger partial charge in [0.05, 0.1) is 0 Å². The topological polar surface area (TPSA) is 44.8 Å². The quantitative estimate of drug-likeness (QED) is 0.918. The molecule has 4 heteroatoms. The first-order valence-corrected chi connectivity index (χ1v) is 6.98. The van der Waals surface area contributed by atoms with Crippen molar-refractivity contribution in [2.24, 2.45) is 0 Å². The lowest BCUT2D eigenvalue weighted by Gasteiger charge is -2.36. The van der Waals surface area contributed by atoms with E-state index in [1.54, 1.807) is 0 Å². The fourth-order valence-electron chi connectivity index (χ4n) is 2.94. The Balaban J connectivity index is 1.71. The first-order valence-electron chi connectivity index (χ1n) is 6.98. The lowest BCUT2D eigenvalue weighted by atomic mass is 9.93. The molecule has 1 N–H and O–H groups in total. The molecule has 0 saturated carbocycles. The zero-order chi connectivity index (χ0) is 13.1. The van der Waals surface area contributed by atoms with Crippen molar-refractivity contribution < 1.29 is 0 Å². The van der Waals surface area contributed by atoms with Crippen LogP contribution >= 0.6 is 0 Å². The number of aromatic amines is 1. The number of piperidine rings is 1. The maximum Gasteiger partial charge on any atom is 0.0490 e. The average molecular weight is 256 g/mol. The van der Waals surface area contributed by atoms with Crippen molar-refractivity contribution in [2.75, 3.05) is 13.1 Å². The largest absolute Gasteiger partial charge is 0.296 e. The van der Waals surface area contributed by atoms with Gasteiger partial charge in [0.1, 0.15) is 0 Å². The van der Waals surface area contributed by atoms with Gasteiger partial charge in [-0.05, 0) is 44.0 Å². The van der Waals surface area contributed by atoms with Crippen LogP contribution in [0.5, 0.6) is 0 Å². The molecular formula is C15H20N4. The van der Waals surface area contributed by atoms with Crippen molar-refractivity contribution in [3.8, 4) is 0 Å². The minimum absolute atomic E-state index is 0.430. The van der Waals surface area contributed by atoms with Crippen LogP contribution in [0, 0.1) is 0 Å². The van der Waals surface area contributed by atoms with Gasteiger partial charge in [0, 0.05) is 42.8 Å². The minimum Gasteiger partial charge on any atom is -0.296 e. The zero-order valence-electron chi connectivity index (χ0n) is 11.3. The van der Waals surface area contributed by atoms with Crippen molar-refractivity contribution in [3.05, 3.63) is 48.0 Å². The fraction of sp³-hybridized carbons (Fsp3) is 0.467. The Kier molecular flexibility index (Phi) is 3.60. The van der Waals surface area contributed by atoms with Crippen molar-refractivity contribution in [2.45, 2.75) is 31.7 Å². The van der Waals surface area contributed by atoms with E-state index in [0.29, 0.717) is 12.0 Å². The fourth-order valence-corrected chi connectivity index (χ4v) is 2.94. The maximum absolute atomic E-state index is 4.23. The molecule has 0 radical (unpaired) electrons. The number of hydrogen-bond donors (Lipinski definition) is 1. The highest BCUT2D eigenvalue weighted by Crippen LogP contribution is 2.30. The molecule has 3 heterocycles. The van der Waals surface area contributed by atoms with E-state index in [2.05, 4.69) is 39.1 Å². The molecule has 19 heavy (non-hydrogen) atoms. The maximum atomic E-state index is 4.23. The van der Waals surface area contributed by atoms with Gasteiger partial charge in [-0.25, -0.2) is 0 Å². The Morgan fingerprint density at radius 3 is 3.05 bits per heavy atom. The molecule has 2 atom stereocenters. The molecule has 1 fully saturated rings.